The summed E-state index contributed by atoms with van der Waals surface area (Å²) >= 11 is 0. The van der Waals surface area contributed by atoms with Crippen molar-refractivity contribution in [3.63, 3.8) is 0 Å². The predicted molar refractivity (Wildman–Crippen MR) is 98.7 cm³/mol. The monoisotopic (exact) mass is 334 g/mol. The van der Waals surface area contributed by atoms with Gasteiger partial charge < -0.3 is 15.3 Å². The van der Waals surface area contributed by atoms with E-state index in [1.807, 2.05) is 18.2 Å². The lowest BCUT2D eigenvalue weighted by molar-refractivity contribution is -0.137. The Balaban J connectivity index is 3.89. The van der Waals surface area contributed by atoms with Crippen molar-refractivity contribution >= 4 is 5.97 Å². The van der Waals surface area contributed by atoms with Crippen molar-refractivity contribution in [2.75, 3.05) is 0 Å². The van der Waals surface area contributed by atoms with Gasteiger partial charge in [0.05, 0.1) is 12.2 Å². The number of aliphatic hydroxyl groups excluding tert-OH is 2. The molecular weight excluding hydrogens is 304 g/mol. The van der Waals surface area contributed by atoms with E-state index in [0.29, 0.717) is 19.3 Å². The van der Waals surface area contributed by atoms with Crippen LogP contribution in [0, 0.1) is 0 Å². The van der Waals surface area contributed by atoms with Crippen LogP contribution in [0.15, 0.2) is 60.8 Å². The Morgan fingerprint density at radius 2 is 1.54 bits per heavy atom. The zero-order valence-electron chi connectivity index (χ0n) is 14.4. The van der Waals surface area contributed by atoms with Gasteiger partial charge in [0.2, 0.25) is 0 Å². The van der Waals surface area contributed by atoms with Crippen molar-refractivity contribution in [3.05, 3.63) is 60.8 Å². The van der Waals surface area contributed by atoms with Gasteiger partial charge >= 0.3 is 5.97 Å². The molecule has 0 aliphatic carbocycles. The van der Waals surface area contributed by atoms with Gasteiger partial charge in [-0.05, 0) is 25.7 Å². The Morgan fingerprint density at radius 3 is 2.17 bits per heavy atom. The highest BCUT2D eigenvalue weighted by Gasteiger charge is 2.01. The molecule has 0 aliphatic rings. The van der Waals surface area contributed by atoms with Gasteiger partial charge in [-0.3, -0.25) is 4.79 Å². The van der Waals surface area contributed by atoms with E-state index >= 15 is 0 Å². The summed E-state index contributed by atoms with van der Waals surface area (Å²) in [6.07, 6.45) is 20.9. The second kappa shape index (κ2) is 16.0. The van der Waals surface area contributed by atoms with Crippen LogP contribution in [0.2, 0.25) is 0 Å². The van der Waals surface area contributed by atoms with E-state index in [2.05, 4.69) is 13.0 Å². The van der Waals surface area contributed by atoms with E-state index in [1.165, 1.54) is 0 Å². The normalized spacial score (nSPS) is 15.5. The smallest absolute Gasteiger partial charge is 0.303 e. The maximum absolute atomic E-state index is 10.3. The first-order chi connectivity index (χ1) is 11.6. The summed E-state index contributed by atoms with van der Waals surface area (Å²) in [6.45, 7) is 2.13. The number of carbonyl (C=O) groups is 1. The first kappa shape index (κ1) is 22.1. The van der Waals surface area contributed by atoms with Crippen LogP contribution < -0.4 is 0 Å². The molecule has 0 heterocycles. The minimum absolute atomic E-state index is 0.0736. The molecule has 0 aliphatic heterocycles. The summed E-state index contributed by atoms with van der Waals surface area (Å²) < 4.78 is 0. The van der Waals surface area contributed by atoms with Crippen molar-refractivity contribution in [3.8, 4) is 0 Å². The highest BCUT2D eigenvalue weighted by atomic mass is 16.4. The molecule has 24 heavy (non-hydrogen) atoms. The first-order valence-corrected chi connectivity index (χ1v) is 8.47. The molecule has 0 aromatic rings. The molecule has 3 N–H and O–H groups in total. The largest absolute Gasteiger partial charge is 0.481 e. The van der Waals surface area contributed by atoms with Gasteiger partial charge in [-0.15, -0.1) is 0 Å². The summed E-state index contributed by atoms with van der Waals surface area (Å²) in [7, 11) is 0. The standard InChI is InChI=1S/C20H30O4/c1-2-3-4-5-6-9-13-18(21)14-10-7-8-11-15-19(22)16-12-17-20(23)24/h4-11,14-15,18-19,21-22H,2-3,12-13,16-17H2,1H3,(H,23,24)/b5-4+,8-7+,9-6-,14-10+,15-11-/t18-,19-/m1/s1. The molecule has 2 atom stereocenters. The summed E-state index contributed by atoms with van der Waals surface area (Å²) in [5, 5.41) is 27.8. The molecule has 0 aromatic carbocycles. The van der Waals surface area contributed by atoms with Crippen molar-refractivity contribution in [2.45, 2.75) is 57.7 Å². The number of aliphatic carboxylic acids is 1. The number of unbranched alkanes of at least 4 members (excludes halogenated alkanes) is 1. The SMILES string of the molecule is CCC/C=C/C=C\C[C@@H](O)/C=C/C=C/C=C\[C@@H](O)CCCC(=O)O. The minimum Gasteiger partial charge on any atom is -0.481 e. The van der Waals surface area contributed by atoms with Crippen LogP contribution in [-0.4, -0.2) is 33.5 Å². The number of hydrogen-bond acceptors (Lipinski definition) is 3. The predicted octanol–water partition coefficient (Wildman–Crippen LogP) is 3.93. The zero-order valence-corrected chi connectivity index (χ0v) is 14.4. The maximum atomic E-state index is 10.3. The fourth-order valence-electron chi connectivity index (χ4n) is 1.79. The van der Waals surface area contributed by atoms with Crippen LogP contribution in [0.5, 0.6) is 0 Å². The summed E-state index contributed by atoms with van der Waals surface area (Å²) in [4.78, 5) is 10.3. The fraction of sp³-hybridized carbons (Fsp3) is 0.450. The quantitative estimate of drug-likeness (QED) is 0.446. The zero-order chi connectivity index (χ0) is 18.0. The Labute approximate surface area is 145 Å². The molecule has 134 valence electrons. The van der Waals surface area contributed by atoms with Gasteiger partial charge in [0.25, 0.3) is 0 Å². The number of allylic oxidation sites excluding steroid dienone is 7. The van der Waals surface area contributed by atoms with Crippen molar-refractivity contribution < 1.29 is 20.1 Å². The van der Waals surface area contributed by atoms with Gasteiger partial charge in [0.1, 0.15) is 0 Å². The third kappa shape index (κ3) is 16.5. The molecule has 0 aromatic heterocycles. The van der Waals surface area contributed by atoms with Crippen LogP contribution in [-0.2, 0) is 4.79 Å². The van der Waals surface area contributed by atoms with Crippen LogP contribution in [0.4, 0.5) is 0 Å². The molecule has 0 amide bonds. The van der Waals surface area contributed by atoms with Crippen LogP contribution >= 0.6 is 0 Å². The van der Waals surface area contributed by atoms with Crippen LogP contribution in [0.25, 0.3) is 0 Å². The molecule has 0 bridgehead atoms. The number of hydrogen-bond donors (Lipinski definition) is 3. The van der Waals surface area contributed by atoms with Gasteiger partial charge in [-0.1, -0.05) is 74.1 Å². The highest BCUT2D eigenvalue weighted by molar-refractivity contribution is 5.66. The molecule has 4 heteroatoms. The molecule has 0 saturated carbocycles. The van der Waals surface area contributed by atoms with Gasteiger partial charge in [0.15, 0.2) is 0 Å². The Bertz CT molecular complexity index is 458. The lowest BCUT2D eigenvalue weighted by Crippen LogP contribution is -2.03. The van der Waals surface area contributed by atoms with Crippen LogP contribution in [0.1, 0.15) is 45.4 Å². The van der Waals surface area contributed by atoms with Gasteiger partial charge in [-0.25, -0.2) is 0 Å². The molecule has 0 spiro atoms. The third-order valence-electron chi connectivity index (χ3n) is 3.11. The summed E-state index contributed by atoms with van der Waals surface area (Å²) in [5.41, 5.74) is 0. The van der Waals surface area contributed by atoms with Gasteiger partial charge in [-0.2, -0.15) is 0 Å². The summed E-state index contributed by atoms with van der Waals surface area (Å²) in [5.74, 6) is -0.846. The molecule has 0 saturated heterocycles. The molecule has 0 unspecified atom stereocenters. The Morgan fingerprint density at radius 1 is 0.917 bits per heavy atom. The third-order valence-corrected chi connectivity index (χ3v) is 3.11. The van der Waals surface area contributed by atoms with E-state index in [0.717, 1.165) is 12.8 Å². The molecule has 0 radical (unpaired) electrons. The van der Waals surface area contributed by atoms with E-state index in [-0.39, 0.29) is 6.42 Å². The van der Waals surface area contributed by atoms with E-state index < -0.39 is 18.2 Å². The first-order valence-electron chi connectivity index (χ1n) is 8.47. The van der Waals surface area contributed by atoms with Gasteiger partial charge in [0, 0.05) is 6.42 Å². The molecule has 4 nitrogen and oxygen atoms in total. The molecule has 0 fully saturated rings. The topological polar surface area (TPSA) is 77.8 Å². The molecule has 0 rings (SSSR count). The average molecular weight is 334 g/mol. The number of aliphatic hydroxyl groups is 2. The second-order valence-electron chi connectivity index (χ2n) is 5.46. The molecular formula is C20H30O4. The maximum Gasteiger partial charge on any atom is 0.303 e. The average Bonchev–Trinajstić information content (AvgIpc) is 2.53. The van der Waals surface area contributed by atoms with Crippen molar-refractivity contribution in [2.24, 2.45) is 0 Å². The minimum atomic E-state index is -0.846. The number of rotatable bonds is 13. The highest BCUT2D eigenvalue weighted by Crippen LogP contribution is 2.02. The lowest BCUT2D eigenvalue weighted by atomic mass is 10.1. The Hall–Kier alpha value is -1.91. The van der Waals surface area contributed by atoms with Crippen LogP contribution in [0.3, 0.4) is 0 Å². The summed E-state index contributed by atoms with van der Waals surface area (Å²) in [6, 6.07) is 0. The van der Waals surface area contributed by atoms with E-state index in [1.54, 1.807) is 36.5 Å². The Kier molecular flexibility index (Phi) is 14.7. The fourth-order valence-corrected chi connectivity index (χ4v) is 1.79. The van der Waals surface area contributed by atoms with Crippen molar-refractivity contribution in [1.82, 2.24) is 0 Å². The van der Waals surface area contributed by atoms with E-state index in [4.69, 9.17) is 5.11 Å². The van der Waals surface area contributed by atoms with Crippen molar-refractivity contribution in [1.29, 1.82) is 0 Å². The number of carboxylic acid groups (broad SMARTS) is 1. The van der Waals surface area contributed by atoms with E-state index in [9.17, 15) is 15.0 Å². The second-order valence-corrected chi connectivity index (χ2v) is 5.46. The lowest BCUT2D eigenvalue weighted by Gasteiger charge is -2.02. The number of carboxylic acids is 1.